The van der Waals surface area contributed by atoms with Crippen LogP contribution in [0.1, 0.15) is 82.8 Å². The maximum Gasteiger partial charge on any atom is 0.251 e. The van der Waals surface area contributed by atoms with Gasteiger partial charge in [-0.3, -0.25) is 4.79 Å². The Balaban J connectivity index is 1.26. The summed E-state index contributed by atoms with van der Waals surface area (Å²) in [5, 5.41) is 24.2. The molecule has 0 aliphatic heterocycles. The number of aromatic nitrogens is 1. The van der Waals surface area contributed by atoms with Gasteiger partial charge in [-0.05, 0) is 67.3 Å². The quantitative estimate of drug-likeness (QED) is 0.260. The SMILES string of the molecule is NC(=O)/C=C(\P)C1(CCCCC(O)CCCCC2(c3cc(O)no3)CC2)CC1. The van der Waals surface area contributed by atoms with E-state index in [1.807, 2.05) is 0 Å². The summed E-state index contributed by atoms with van der Waals surface area (Å²) in [4.78, 5) is 11.1. The van der Waals surface area contributed by atoms with E-state index in [4.69, 9.17) is 10.3 Å². The number of unbranched alkanes of at least 4 members (excludes halogenated alkanes) is 2. The minimum atomic E-state index is -0.375. The Morgan fingerprint density at radius 3 is 2.36 bits per heavy atom. The summed E-state index contributed by atoms with van der Waals surface area (Å²) in [6, 6.07) is 1.63. The van der Waals surface area contributed by atoms with E-state index in [0.717, 1.165) is 88.1 Å². The molecule has 4 N–H and O–H groups in total. The fourth-order valence-corrected chi connectivity index (χ4v) is 4.85. The van der Waals surface area contributed by atoms with Gasteiger partial charge in [-0.25, -0.2) is 0 Å². The van der Waals surface area contributed by atoms with E-state index in [-0.39, 0.29) is 28.7 Å². The average molecular weight is 408 g/mol. The Hall–Kier alpha value is -1.39. The number of carbonyl (C=O) groups is 1. The molecule has 2 fully saturated rings. The van der Waals surface area contributed by atoms with Gasteiger partial charge >= 0.3 is 0 Å². The molecule has 1 aromatic heterocycles. The zero-order valence-electron chi connectivity index (χ0n) is 16.5. The minimum Gasteiger partial charge on any atom is -0.491 e. The Bertz CT molecular complexity index is 707. The van der Waals surface area contributed by atoms with E-state index in [0.29, 0.717) is 0 Å². The van der Waals surface area contributed by atoms with Crippen LogP contribution >= 0.6 is 9.24 Å². The van der Waals surface area contributed by atoms with E-state index in [9.17, 15) is 15.0 Å². The average Bonchev–Trinajstić information content (AvgIpc) is 3.55. The molecule has 2 unspecified atom stereocenters. The van der Waals surface area contributed by atoms with E-state index >= 15 is 0 Å². The lowest BCUT2D eigenvalue weighted by Gasteiger charge is -2.16. The number of nitrogens with zero attached hydrogens (tertiary/aromatic N) is 1. The highest BCUT2D eigenvalue weighted by molar-refractivity contribution is 7.22. The second-order valence-corrected chi connectivity index (χ2v) is 9.38. The van der Waals surface area contributed by atoms with Crippen LogP contribution < -0.4 is 5.73 Å². The summed E-state index contributed by atoms with van der Waals surface area (Å²) in [6.45, 7) is 0. The highest BCUT2D eigenvalue weighted by Crippen LogP contribution is 2.57. The van der Waals surface area contributed by atoms with Crippen LogP contribution in [0.2, 0.25) is 0 Å². The molecule has 7 heteroatoms. The van der Waals surface area contributed by atoms with Gasteiger partial charge < -0.3 is 20.5 Å². The Morgan fingerprint density at radius 1 is 1.21 bits per heavy atom. The van der Waals surface area contributed by atoms with Gasteiger partial charge in [0.2, 0.25) is 5.91 Å². The van der Waals surface area contributed by atoms with E-state index < -0.39 is 0 Å². The third-order valence-corrected chi connectivity index (χ3v) is 7.30. The molecule has 2 atom stereocenters. The summed E-state index contributed by atoms with van der Waals surface area (Å²) in [5.41, 5.74) is 5.49. The maximum absolute atomic E-state index is 11.1. The van der Waals surface area contributed by atoms with Crippen LogP contribution in [-0.4, -0.2) is 27.4 Å². The van der Waals surface area contributed by atoms with Gasteiger partial charge in [0.1, 0.15) is 5.76 Å². The van der Waals surface area contributed by atoms with Crippen LogP contribution in [0.5, 0.6) is 5.88 Å². The van der Waals surface area contributed by atoms with Crippen LogP contribution in [0.25, 0.3) is 0 Å². The topological polar surface area (TPSA) is 110 Å². The summed E-state index contributed by atoms with van der Waals surface area (Å²) >= 11 is 0. The molecule has 0 bridgehead atoms. The number of rotatable bonds is 13. The molecular weight excluding hydrogens is 375 g/mol. The summed E-state index contributed by atoms with van der Waals surface area (Å²) < 4.78 is 5.23. The normalized spacial score (nSPS) is 20.7. The number of carbonyl (C=O) groups excluding carboxylic acids is 1. The van der Waals surface area contributed by atoms with Crippen LogP contribution in [0, 0.1) is 5.41 Å². The van der Waals surface area contributed by atoms with Crippen molar-refractivity contribution in [3.63, 3.8) is 0 Å². The highest BCUT2D eigenvalue weighted by atomic mass is 31.0. The first kappa shape index (κ1) is 21.3. The van der Waals surface area contributed by atoms with Crippen molar-refractivity contribution in [1.29, 1.82) is 0 Å². The third-order valence-electron chi connectivity index (χ3n) is 6.52. The number of amides is 1. The Labute approximate surface area is 169 Å². The number of aliphatic hydroxyl groups excluding tert-OH is 1. The van der Waals surface area contributed by atoms with Gasteiger partial charge in [0.15, 0.2) is 0 Å². The molecule has 1 amide bonds. The van der Waals surface area contributed by atoms with Crippen molar-refractivity contribution < 1.29 is 19.5 Å². The van der Waals surface area contributed by atoms with Gasteiger partial charge in [0.05, 0.1) is 6.10 Å². The van der Waals surface area contributed by atoms with Crippen molar-refractivity contribution in [1.82, 2.24) is 5.16 Å². The first-order valence-electron chi connectivity index (χ1n) is 10.5. The number of aromatic hydroxyl groups is 1. The predicted octanol–water partition coefficient (Wildman–Crippen LogP) is 3.92. The third kappa shape index (κ3) is 5.57. The Kier molecular flexibility index (Phi) is 6.82. The largest absolute Gasteiger partial charge is 0.491 e. The molecule has 0 radical (unpaired) electrons. The number of hydrogen-bond donors (Lipinski definition) is 3. The van der Waals surface area contributed by atoms with Crippen molar-refractivity contribution in [2.45, 2.75) is 88.6 Å². The van der Waals surface area contributed by atoms with E-state index in [1.165, 1.54) is 0 Å². The lowest BCUT2D eigenvalue weighted by Crippen LogP contribution is -2.10. The lowest BCUT2D eigenvalue weighted by molar-refractivity contribution is -0.113. The van der Waals surface area contributed by atoms with Crippen molar-refractivity contribution in [3.05, 3.63) is 23.2 Å². The van der Waals surface area contributed by atoms with E-state index in [1.54, 1.807) is 12.1 Å². The number of allylic oxidation sites excluding steroid dienone is 1. The van der Waals surface area contributed by atoms with Crippen LogP contribution in [0.15, 0.2) is 22.0 Å². The smallest absolute Gasteiger partial charge is 0.251 e. The van der Waals surface area contributed by atoms with Crippen molar-refractivity contribution in [3.8, 4) is 5.88 Å². The number of nitrogens with two attached hydrogens (primary N) is 1. The minimum absolute atomic E-state index is 0.0384. The molecule has 3 rings (SSSR count). The monoisotopic (exact) mass is 408 g/mol. The molecule has 0 saturated heterocycles. The first-order chi connectivity index (χ1) is 13.4. The molecule has 2 saturated carbocycles. The van der Waals surface area contributed by atoms with Crippen molar-refractivity contribution in [2.75, 3.05) is 0 Å². The fraction of sp³-hybridized carbons (Fsp3) is 0.714. The van der Waals surface area contributed by atoms with Crippen molar-refractivity contribution >= 4 is 15.1 Å². The summed E-state index contributed by atoms with van der Waals surface area (Å²) in [7, 11) is 2.68. The molecule has 156 valence electrons. The first-order valence-corrected chi connectivity index (χ1v) is 11.0. The van der Waals surface area contributed by atoms with Gasteiger partial charge in [-0.1, -0.05) is 25.7 Å². The zero-order valence-corrected chi connectivity index (χ0v) is 17.7. The highest BCUT2D eigenvalue weighted by Gasteiger charge is 2.47. The molecule has 2 aliphatic rings. The molecule has 6 nitrogen and oxygen atoms in total. The molecule has 1 aromatic rings. The second-order valence-electron chi connectivity index (χ2n) is 8.76. The summed E-state index contributed by atoms with van der Waals surface area (Å²) in [5.74, 6) is 0.391. The zero-order chi connectivity index (χ0) is 20.2. The van der Waals surface area contributed by atoms with Gasteiger partial charge in [-0.15, -0.1) is 9.24 Å². The van der Waals surface area contributed by atoms with Gasteiger partial charge in [-0.2, -0.15) is 0 Å². The van der Waals surface area contributed by atoms with Crippen LogP contribution in [-0.2, 0) is 10.2 Å². The lowest BCUT2D eigenvalue weighted by atomic mass is 9.93. The number of primary amides is 1. The van der Waals surface area contributed by atoms with Crippen LogP contribution in [0.4, 0.5) is 0 Å². The molecule has 2 aliphatic carbocycles. The molecule has 28 heavy (non-hydrogen) atoms. The van der Waals surface area contributed by atoms with E-state index in [2.05, 4.69) is 14.4 Å². The molecule has 1 heterocycles. The van der Waals surface area contributed by atoms with Gasteiger partial charge in [0.25, 0.3) is 5.88 Å². The van der Waals surface area contributed by atoms with Gasteiger partial charge in [0, 0.05) is 17.6 Å². The van der Waals surface area contributed by atoms with Crippen molar-refractivity contribution in [2.24, 2.45) is 11.1 Å². The number of aliphatic hydroxyl groups is 1. The maximum atomic E-state index is 11.1. The molecule has 0 aromatic carbocycles. The molecular formula is C21H33N2O4P. The van der Waals surface area contributed by atoms with Crippen LogP contribution in [0.3, 0.4) is 0 Å². The second kappa shape index (κ2) is 8.96. The fourth-order valence-electron chi connectivity index (χ4n) is 4.26. The predicted molar refractivity (Wildman–Crippen MR) is 111 cm³/mol. The molecule has 0 spiro atoms. The number of hydrogen-bond acceptors (Lipinski definition) is 5. The summed E-state index contributed by atoms with van der Waals surface area (Å²) in [6.07, 6.45) is 13.6. The Morgan fingerprint density at radius 2 is 1.86 bits per heavy atom. The standard InChI is InChI=1S/C21H33N2O4P/c22-18(25)14-17(28)21(11-12-21)8-4-2-6-15(24)5-1-3-7-20(9-10-20)16-13-19(26)23-27-16/h13-15,24H,1-12,28H2,(H2,22,25)(H,23,26)/b17-14-.